The summed E-state index contributed by atoms with van der Waals surface area (Å²) in [5.74, 6) is -3.17. The number of hydrogen-bond acceptors (Lipinski definition) is 5. The zero-order valence-electron chi connectivity index (χ0n) is 10.2. The van der Waals surface area contributed by atoms with Crippen LogP contribution in [0.2, 0.25) is 0 Å². The molecule has 21 heavy (non-hydrogen) atoms. The van der Waals surface area contributed by atoms with E-state index < -0.39 is 44.1 Å². The number of rotatable bonds is 5. The van der Waals surface area contributed by atoms with E-state index in [1.54, 1.807) is 0 Å². The Kier molecular flexibility index (Phi) is 4.30. The zero-order chi connectivity index (χ0) is 15.6. The van der Waals surface area contributed by atoms with Crippen molar-refractivity contribution in [2.75, 3.05) is 0 Å². The molecule has 0 bridgehead atoms. The highest BCUT2D eigenvalue weighted by Crippen LogP contribution is 2.20. The number of carboxylic acid groups (broad SMARTS) is 1. The van der Waals surface area contributed by atoms with Crippen LogP contribution in [-0.4, -0.2) is 24.5 Å². The largest absolute Gasteiger partial charge is 0.476 e. The van der Waals surface area contributed by atoms with Crippen LogP contribution in [0.25, 0.3) is 0 Å². The minimum absolute atomic E-state index is 0.0682. The van der Waals surface area contributed by atoms with Gasteiger partial charge >= 0.3 is 5.97 Å². The van der Waals surface area contributed by atoms with Crippen LogP contribution in [0.5, 0.6) is 0 Å². The number of nitrogens with zero attached hydrogens (tertiary/aromatic N) is 1. The molecule has 1 heterocycles. The van der Waals surface area contributed by atoms with Crippen molar-refractivity contribution in [3.8, 4) is 0 Å². The third-order valence-corrected chi connectivity index (χ3v) is 5.22. The third-order valence-electron chi connectivity index (χ3n) is 2.45. The van der Waals surface area contributed by atoms with Gasteiger partial charge in [-0.05, 0) is 6.07 Å². The number of aromatic nitrogens is 1. The van der Waals surface area contributed by atoms with Gasteiger partial charge in [-0.15, -0.1) is 11.3 Å². The number of sulfonamides is 1. The second kappa shape index (κ2) is 5.84. The van der Waals surface area contributed by atoms with Gasteiger partial charge in [-0.1, -0.05) is 6.07 Å². The summed E-state index contributed by atoms with van der Waals surface area (Å²) in [6, 6.07) is 2.71. The van der Waals surface area contributed by atoms with E-state index >= 15 is 0 Å². The fourth-order valence-electron chi connectivity index (χ4n) is 1.47. The molecule has 1 aromatic heterocycles. The van der Waals surface area contributed by atoms with E-state index in [1.807, 2.05) is 0 Å². The van der Waals surface area contributed by atoms with E-state index in [0.717, 1.165) is 17.6 Å². The van der Waals surface area contributed by atoms with Gasteiger partial charge in [0.15, 0.2) is 9.90 Å². The third kappa shape index (κ3) is 3.40. The molecular formula is C11H8F2N2O4S2. The molecule has 2 N–H and O–H groups in total. The second-order valence-electron chi connectivity index (χ2n) is 3.85. The topological polar surface area (TPSA) is 96.4 Å². The van der Waals surface area contributed by atoms with Crippen LogP contribution in [0.1, 0.15) is 16.1 Å². The minimum atomic E-state index is -4.15. The Morgan fingerprint density at radius 3 is 2.71 bits per heavy atom. The predicted molar refractivity (Wildman–Crippen MR) is 69.5 cm³/mol. The van der Waals surface area contributed by atoms with Crippen LogP contribution >= 0.6 is 11.3 Å². The molecule has 0 aliphatic heterocycles. The van der Waals surface area contributed by atoms with Crippen molar-refractivity contribution in [3.63, 3.8) is 0 Å². The van der Waals surface area contributed by atoms with Crippen LogP contribution in [0, 0.1) is 11.6 Å². The van der Waals surface area contributed by atoms with Gasteiger partial charge < -0.3 is 5.11 Å². The SMILES string of the molecule is O=C(O)c1ncsc1S(=O)(=O)NCc1ccc(F)cc1F. The van der Waals surface area contributed by atoms with Crippen LogP contribution < -0.4 is 4.72 Å². The van der Waals surface area contributed by atoms with E-state index in [4.69, 9.17) is 5.11 Å². The summed E-state index contributed by atoms with van der Waals surface area (Å²) in [6.07, 6.45) is 0. The Labute approximate surface area is 122 Å². The van der Waals surface area contributed by atoms with Gasteiger partial charge in [0.2, 0.25) is 0 Å². The summed E-state index contributed by atoms with van der Waals surface area (Å²) in [4.78, 5) is 14.3. The maximum absolute atomic E-state index is 13.4. The monoisotopic (exact) mass is 334 g/mol. The van der Waals surface area contributed by atoms with Crippen molar-refractivity contribution in [2.24, 2.45) is 0 Å². The van der Waals surface area contributed by atoms with Crippen LogP contribution in [0.15, 0.2) is 27.9 Å². The summed E-state index contributed by atoms with van der Waals surface area (Å²) >= 11 is 0.630. The lowest BCUT2D eigenvalue weighted by molar-refractivity contribution is 0.0687. The number of halogens is 2. The molecule has 0 unspecified atom stereocenters. The molecule has 0 atom stereocenters. The van der Waals surface area contributed by atoms with E-state index in [1.165, 1.54) is 0 Å². The minimum Gasteiger partial charge on any atom is -0.476 e. The smallest absolute Gasteiger partial charge is 0.356 e. The quantitative estimate of drug-likeness (QED) is 0.866. The van der Waals surface area contributed by atoms with Crippen molar-refractivity contribution in [2.45, 2.75) is 10.8 Å². The van der Waals surface area contributed by atoms with Gasteiger partial charge in [0.05, 0.1) is 5.51 Å². The van der Waals surface area contributed by atoms with Crippen molar-refractivity contribution in [1.82, 2.24) is 9.71 Å². The Bertz CT molecular complexity index is 789. The first kappa shape index (κ1) is 15.5. The lowest BCUT2D eigenvalue weighted by Crippen LogP contribution is -2.24. The average molecular weight is 334 g/mol. The highest BCUT2D eigenvalue weighted by atomic mass is 32.2. The maximum atomic E-state index is 13.4. The number of hydrogen-bond donors (Lipinski definition) is 2. The van der Waals surface area contributed by atoms with Gasteiger partial charge in [-0.25, -0.2) is 31.7 Å². The lowest BCUT2D eigenvalue weighted by atomic mass is 10.2. The van der Waals surface area contributed by atoms with Crippen molar-refractivity contribution >= 4 is 27.3 Å². The molecule has 112 valence electrons. The molecule has 0 fully saturated rings. The molecule has 0 saturated heterocycles. The number of carbonyl (C=O) groups is 1. The lowest BCUT2D eigenvalue weighted by Gasteiger charge is -2.06. The number of aromatic carboxylic acids is 1. The standard InChI is InChI=1S/C11H8F2N2O4S2/c12-7-2-1-6(8(13)3-7)4-15-21(18,19)11-9(10(16)17)14-5-20-11/h1-3,5,15H,4H2,(H,16,17). The summed E-state index contributed by atoms with van der Waals surface area (Å²) in [5, 5.41) is 8.83. The maximum Gasteiger partial charge on any atom is 0.356 e. The highest BCUT2D eigenvalue weighted by Gasteiger charge is 2.25. The Balaban J connectivity index is 2.22. The van der Waals surface area contributed by atoms with E-state index in [-0.39, 0.29) is 5.56 Å². The van der Waals surface area contributed by atoms with Gasteiger partial charge in [-0.2, -0.15) is 0 Å². The molecule has 2 aromatic rings. The molecule has 1 aromatic carbocycles. The second-order valence-corrected chi connectivity index (χ2v) is 6.67. The number of nitrogens with one attached hydrogen (secondary N) is 1. The Hall–Kier alpha value is -1.91. The molecule has 0 spiro atoms. The van der Waals surface area contributed by atoms with Crippen LogP contribution in [0.3, 0.4) is 0 Å². The molecule has 0 aliphatic rings. The number of carboxylic acids is 1. The molecular weight excluding hydrogens is 326 g/mol. The van der Waals surface area contributed by atoms with Gasteiger partial charge in [-0.3, -0.25) is 0 Å². The Morgan fingerprint density at radius 1 is 1.38 bits per heavy atom. The predicted octanol–water partition coefficient (Wildman–Crippen LogP) is 1.60. The average Bonchev–Trinajstić information content (AvgIpc) is 2.87. The molecule has 0 saturated carbocycles. The first-order chi connectivity index (χ1) is 9.81. The summed E-state index contributed by atoms with van der Waals surface area (Å²) in [5.41, 5.74) is 0.407. The van der Waals surface area contributed by atoms with Crippen molar-refractivity contribution in [3.05, 3.63) is 46.6 Å². The fraction of sp³-hybridized carbons (Fsp3) is 0.0909. The number of benzene rings is 1. The van der Waals surface area contributed by atoms with E-state index in [0.29, 0.717) is 17.4 Å². The molecule has 0 aliphatic carbocycles. The molecule has 0 radical (unpaired) electrons. The summed E-state index contributed by atoms with van der Waals surface area (Å²) in [7, 11) is -4.15. The normalized spacial score (nSPS) is 11.5. The van der Waals surface area contributed by atoms with E-state index in [9.17, 15) is 22.0 Å². The molecule has 6 nitrogen and oxygen atoms in total. The van der Waals surface area contributed by atoms with Crippen LogP contribution in [-0.2, 0) is 16.6 Å². The zero-order valence-corrected chi connectivity index (χ0v) is 11.8. The van der Waals surface area contributed by atoms with Gasteiger partial charge in [0.25, 0.3) is 10.0 Å². The van der Waals surface area contributed by atoms with Crippen LogP contribution in [0.4, 0.5) is 8.78 Å². The van der Waals surface area contributed by atoms with Gasteiger partial charge in [0.1, 0.15) is 11.6 Å². The summed E-state index contributed by atoms with van der Waals surface area (Å²) < 4.78 is 51.6. The first-order valence-corrected chi connectivity index (χ1v) is 7.78. The van der Waals surface area contributed by atoms with Gasteiger partial charge in [0, 0.05) is 18.2 Å². The number of thiazole rings is 1. The Morgan fingerprint density at radius 2 is 2.10 bits per heavy atom. The highest BCUT2D eigenvalue weighted by molar-refractivity contribution is 7.91. The van der Waals surface area contributed by atoms with E-state index in [2.05, 4.69) is 9.71 Å². The molecule has 2 rings (SSSR count). The molecule has 10 heteroatoms. The van der Waals surface area contributed by atoms with Crippen molar-refractivity contribution < 1.29 is 27.1 Å². The first-order valence-electron chi connectivity index (χ1n) is 5.41. The van der Waals surface area contributed by atoms with Crippen molar-refractivity contribution in [1.29, 1.82) is 0 Å². The summed E-state index contributed by atoms with van der Waals surface area (Å²) in [6.45, 7) is -0.439. The fourth-order valence-corrected chi connectivity index (χ4v) is 3.66. The molecule has 0 amide bonds.